The number of sulfone groups is 1. The van der Waals surface area contributed by atoms with Gasteiger partial charge < -0.3 is 10.5 Å². The normalized spacial score (nSPS) is 40.0. The molecule has 5 heteroatoms. The first-order valence-corrected chi connectivity index (χ1v) is 7.90. The van der Waals surface area contributed by atoms with Crippen LogP contribution in [0.3, 0.4) is 0 Å². The van der Waals surface area contributed by atoms with Gasteiger partial charge in [-0.05, 0) is 38.5 Å². The monoisotopic (exact) mass is 247 g/mol. The van der Waals surface area contributed by atoms with Crippen molar-refractivity contribution in [2.75, 3.05) is 11.5 Å². The molecule has 94 valence electrons. The van der Waals surface area contributed by atoms with Gasteiger partial charge in [0.05, 0.1) is 23.7 Å². The quantitative estimate of drug-likeness (QED) is 0.797. The number of ether oxygens (including phenoxy) is 1. The third-order valence-corrected chi connectivity index (χ3v) is 5.52. The molecule has 2 fully saturated rings. The van der Waals surface area contributed by atoms with Crippen molar-refractivity contribution >= 4 is 9.84 Å². The van der Waals surface area contributed by atoms with E-state index in [9.17, 15) is 8.42 Å². The van der Waals surface area contributed by atoms with Gasteiger partial charge in [-0.15, -0.1) is 0 Å². The number of hydrogen-bond donors (Lipinski definition) is 1. The fourth-order valence-corrected chi connectivity index (χ4v) is 4.61. The summed E-state index contributed by atoms with van der Waals surface area (Å²) in [7, 11) is -2.81. The minimum atomic E-state index is -2.81. The molecule has 0 saturated carbocycles. The van der Waals surface area contributed by atoms with E-state index in [-0.39, 0.29) is 23.8 Å². The summed E-state index contributed by atoms with van der Waals surface area (Å²) in [5, 5.41) is 0. The van der Waals surface area contributed by atoms with Crippen LogP contribution in [0.2, 0.25) is 0 Å². The zero-order valence-corrected chi connectivity index (χ0v) is 10.6. The van der Waals surface area contributed by atoms with E-state index < -0.39 is 9.84 Å². The van der Waals surface area contributed by atoms with Crippen LogP contribution in [-0.2, 0) is 14.6 Å². The van der Waals surface area contributed by atoms with Gasteiger partial charge in [-0.2, -0.15) is 0 Å². The first-order valence-electron chi connectivity index (χ1n) is 6.08. The van der Waals surface area contributed by atoms with E-state index in [4.69, 9.17) is 10.5 Å². The predicted molar refractivity (Wildman–Crippen MR) is 62.9 cm³/mol. The van der Waals surface area contributed by atoms with Crippen molar-refractivity contribution in [1.82, 2.24) is 0 Å². The minimum Gasteiger partial charge on any atom is -0.375 e. The highest BCUT2D eigenvalue weighted by molar-refractivity contribution is 7.91. The van der Waals surface area contributed by atoms with Crippen LogP contribution in [0.5, 0.6) is 0 Å². The Labute approximate surface area is 97.5 Å². The molecule has 2 heterocycles. The minimum absolute atomic E-state index is 0.0208. The summed E-state index contributed by atoms with van der Waals surface area (Å²) >= 11 is 0. The Morgan fingerprint density at radius 2 is 2.12 bits per heavy atom. The summed E-state index contributed by atoms with van der Waals surface area (Å²) in [6.45, 7) is 2.07. The SMILES string of the molecule is CC1CCC(CC(N)C2CCS(=O)(=O)C2)O1. The standard InChI is InChI=1S/C11H21NO3S/c1-8-2-3-10(15-8)6-11(12)9-4-5-16(13,14)7-9/h8-11H,2-7,12H2,1H3. The van der Waals surface area contributed by atoms with Crippen LogP contribution in [0.15, 0.2) is 0 Å². The number of nitrogens with two attached hydrogens (primary N) is 1. The van der Waals surface area contributed by atoms with E-state index >= 15 is 0 Å². The molecule has 16 heavy (non-hydrogen) atoms. The molecule has 0 amide bonds. The van der Waals surface area contributed by atoms with Crippen LogP contribution in [0.4, 0.5) is 0 Å². The molecule has 0 radical (unpaired) electrons. The third-order valence-electron chi connectivity index (χ3n) is 3.73. The lowest BCUT2D eigenvalue weighted by Gasteiger charge is -2.21. The van der Waals surface area contributed by atoms with Crippen LogP contribution >= 0.6 is 0 Å². The molecule has 0 aromatic heterocycles. The van der Waals surface area contributed by atoms with Crippen molar-refractivity contribution in [1.29, 1.82) is 0 Å². The summed E-state index contributed by atoms with van der Waals surface area (Å²) in [4.78, 5) is 0. The third kappa shape index (κ3) is 2.96. The molecule has 2 aliphatic heterocycles. The largest absolute Gasteiger partial charge is 0.375 e. The maximum Gasteiger partial charge on any atom is 0.150 e. The Hall–Kier alpha value is -0.130. The van der Waals surface area contributed by atoms with Gasteiger partial charge in [0.2, 0.25) is 0 Å². The second-order valence-electron chi connectivity index (χ2n) is 5.21. The van der Waals surface area contributed by atoms with E-state index in [1.165, 1.54) is 0 Å². The van der Waals surface area contributed by atoms with Gasteiger partial charge in [0.1, 0.15) is 0 Å². The first kappa shape index (κ1) is 12.3. The highest BCUT2D eigenvalue weighted by Crippen LogP contribution is 2.27. The van der Waals surface area contributed by atoms with Crippen molar-refractivity contribution in [3.05, 3.63) is 0 Å². The molecular weight excluding hydrogens is 226 g/mol. The van der Waals surface area contributed by atoms with Crippen molar-refractivity contribution in [2.24, 2.45) is 11.7 Å². The predicted octanol–water partition coefficient (Wildman–Crippen LogP) is 0.706. The van der Waals surface area contributed by atoms with E-state index in [0.717, 1.165) is 25.7 Å². The van der Waals surface area contributed by atoms with Gasteiger partial charge in [0, 0.05) is 6.04 Å². The lowest BCUT2D eigenvalue weighted by atomic mass is 9.94. The maximum absolute atomic E-state index is 11.3. The van der Waals surface area contributed by atoms with E-state index in [1.54, 1.807) is 0 Å². The average Bonchev–Trinajstić information content (AvgIpc) is 2.72. The fourth-order valence-electron chi connectivity index (χ4n) is 2.72. The molecule has 0 aliphatic carbocycles. The number of hydrogen-bond acceptors (Lipinski definition) is 4. The van der Waals surface area contributed by atoms with Gasteiger partial charge in [0.25, 0.3) is 0 Å². The highest BCUT2D eigenvalue weighted by atomic mass is 32.2. The molecule has 4 atom stereocenters. The lowest BCUT2D eigenvalue weighted by Crippen LogP contribution is -2.34. The molecule has 2 N–H and O–H groups in total. The zero-order valence-electron chi connectivity index (χ0n) is 9.76. The smallest absolute Gasteiger partial charge is 0.150 e. The van der Waals surface area contributed by atoms with Crippen molar-refractivity contribution in [3.63, 3.8) is 0 Å². The van der Waals surface area contributed by atoms with Crippen LogP contribution in [0.1, 0.15) is 32.6 Å². The van der Waals surface area contributed by atoms with E-state index in [1.807, 2.05) is 0 Å². The summed E-state index contributed by atoms with van der Waals surface area (Å²) in [5.41, 5.74) is 6.08. The number of rotatable bonds is 3. The fraction of sp³-hybridized carbons (Fsp3) is 1.00. The van der Waals surface area contributed by atoms with Gasteiger partial charge in [-0.1, -0.05) is 0 Å². The Bertz CT molecular complexity index is 341. The van der Waals surface area contributed by atoms with Crippen molar-refractivity contribution in [3.8, 4) is 0 Å². The highest BCUT2D eigenvalue weighted by Gasteiger charge is 2.34. The Morgan fingerprint density at radius 1 is 1.38 bits per heavy atom. The Morgan fingerprint density at radius 3 is 2.62 bits per heavy atom. The first-order chi connectivity index (χ1) is 7.46. The second-order valence-corrected chi connectivity index (χ2v) is 7.44. The summed E-state index contributed by atoms with van der Waals surface area (Å²) in [6, 6.07) is -0.0208. The topological polar surface area (TPSA) is 69.4 Å². The van der Waals surface area contributed by atoms with Gasteiger partial charge >= 0.3 is 0 Å². The van der Waals surface area contributed by atoms with E-state index in [2.05, 4.69) is 6.92 Å². The van der Waals surface area contributed by atoms with Crippen LogP contribution in [0.25, 0.3) is 0 Å². The second kappa shape index (κ2) is 4.63. The molecule has 4 unspecified atom stereocenters. The molecular formula is C11H21NO3S. The van der Waals surface area contributed by atoms with Gasteiger partial charge in [0.15, 0.2) is 9.84 Å². The lowest BCUT2D eigenvalue weighted by molar-refractivity contribution is 0.0440. The van der Waals surface area contributed by atoms with Gasteiger partial charge in [-0.3, -0.25) is 0 Å². The van der Waals surface area contributed by atoms with Crippen molar-refractivity contribution < 1.29 is 13.2 Å². The average molecular weight is 247 g/mol. The summed E-state index contributed by atoms with van der Waals surface area (Å²) in [6.07, 6.45) is 4.28. The van der Waals surface area contributed by atoms with Gasteiger partial charge in [-0.25, -0.2) is 8.42 Å². The molecule has 0 aromatic rings. The molecule has 0 spiro atoms. The molecule has 2 aliphatic rings. The molecule has 2 rings (SSSR count). The maximum atomic E-state index is 11.3. The summed E-state index contributed by atoms with van der Waals surface area (Å²) in [5.74, 6) is 0.730. The molecule has 0 aromatic carbocycles. The zero-order chi connectivity index (χ0) is 11.8. The Kier molecular flexibility index (Phi) is 3.56. The van der Waals surface area contributed by atoms with Crippen molar-refractivity contribution in [2.45, 2.75) is 50.9 Å². The molecule has 0 bridgehead atoms. The van der Waals surface area contributed by atoms with E-state index in [0.29, 0.717) is 11.9 Å². The summed E-state index contributed by atoms with van der Waals surface area (Å²) < 4.78 is 28.4. The molecule has 2 saturated heterocycles. The van der Waals surface area contributed by atoms with Crippen LogP contribution in [0, 0.1) is 5.92 Å². The van der Waals surface area contributed by atoms with Crippen LogP contribution in [-0.4, -0.2) is 38.2 Å². The van der Waals surface area contributed by atoms with Crippen LogP contribution < -0.4 is 5.73 Å². The molecule has 4 nitrogen and oxygen atoms in total. The Balaban J connectivity index is 1.82.